The Balaban J connectivity index is 1.95. The molecule has 17 heavy (non-hydrogen) atoms. The monoisotopic (exact) mass is 272 g/mol. The van der Waals surface area contributed by atoms with Crippen molar-refractivity contribution in [1.29, 1.82) is 0 Å². The van der Waals surface area contributed by atoms with E-state index in [1.165, 1.54) is 0 Å². The van der Waals surface area contributed by atoms with Crippen LogP contribution in [0.25, 0.3) is 0 Å². The van der Waals surface area contributed by atoms with Gasteiger partial charge < -0.3 is 9.64 Å². The molecule has 0 spiro atoms. The normalized spacial score (nSPS) is 31.5. The van der Waals surface area contributed by atoms with Gasteiger partial charge in [0.15, 0.2) is 0 Å². The highest BCUT2D eigenvalue weighted by Gasteiger charge is 2.43. The van der Waals surface area contributed by atoms with Crippen molar-refractivity contribution in [3.63, 3.8) is 0 Å². The summed E-state index contributed by atoms with van der Waals surface area (Å²) in [6, 6.07) is 1.09. The van der Waals surface area contributed by atoms with Gasteiger partial charge in [0.25, 0.3) is 0 Å². The van der Waals surface area contributed by atoms with Crippen LogP contribution in [0.15, 0.2) is 12.7 Å². The van der Waals surface area contributed by atoms with Crippen molar-refractivity contribution in [2.75, 3.05) is 6.61 Å². The standard InChI is InChI=1S/C11H17N2O2PS/c1-2-5-15-11(14)13-9-3-4-10(13)7-8(6-9)12-16-17/h2,8-10H,1,3-7H2,(H,12,17)/t8-,9+,10-. The maximum absolute atomic E-state index is 11.9. The molecule has 2 fully saturated rings. The Kier molecular flexibility index (Phi) is 4.48. The van der Waals surface area contributed by atoms with Crippen molar-refractivity contribution >= 4 is 25.4 Å². The fraction of sp³-hybridized carbons (Fsp3) is 0.727. The molecule has 2 heterocycles. The van der Waals surface area contributed by atoms with Gasteiger partial charge in [-0.1, -0.05) is 12.7 Å². The van der Waals surface area contributed by atoms with Crippen molar-refractivity contribution in [3.05, 3.63) is 12.7 Å². The van der Waals surface area contributed by atoms with Gasteiger partial charge in [0.1, 0.15) is 6.61 Å². The topological polar surface area (TPSA) is 41.6 Å². The molecule has 94 valence electrons. The number of nitrogens with zero attached hydrogens (tertiary/aromatic N) is 1. The van der Waals surface area contributed by atoms with E-state index in [1.807, 2.05) is 4.90 Å². The number of nitrogens with one attached hydrogen (secondary N) is 1. The molecule has 2 aliphatic rings. The third-order valence-electron chi connectivity index (χ3n) is 3.50. The van der Waals surface area contributed by atoms with E-state index in [4.69, 9.17) is 16.5 Å². The number of fused-ring (bicyclic) bond motifs is 2. The van der Waals surface area contributed by atoms with Crippen LogP contribution in [0.5, 0.6) is 0 Å². The number of hydrogen-bond donors (Lipinski definition) is 1. The Morgan fingerprint density at radius 2 is 2.18 bits per heavy atom. The lowest BCUT2D eigenvalue weighted by atomic mass is 9.99. The van der Waals surface area contributed by atoms with E-state index in [2.05, 4.69) is 11.7 Å². The van der Waals surface area contributed by atoms with E-state index in [9.17, 15) is 4.79 Å². The number of hydrogen-bond acceptors (Lipinski definition) is 3. The Morgan fingerprint density at radius 3 is 2.71 bits per heavy atom. The van der Waals surface area contributed by atoms with Crippen molar-refractivity contribution in [2.45, 2.75) is 43.8 Å². The van der Waals surface area contributed by atoms with Crippen LogP contribution in [-0.4, -0.2) is 35.7 Å². The zero-order valence-corrected chi connectivity index (χ0v) is 11.4. The van der Waals surface area contributed by atoms with E-state index < -0.39 is 0 Å². The number of amides is 1. The minimum absolute atomic E-state index is 0.188. The summed E-state index contributed by atoms with van der Waals surface area (Å²) in [6.45, 7) is 3.84. The molecule has 2 aliphatic heterocycles. The van der Waals surface area contributed by atoms with E-state index in [0.29, 0.717) is 24.7 Å². The summed E-state index contributed by atoms with van der Waals surface area (Å²) in [5.41, 5.74) is 0. The van der Waals surface area contributed by atoms with Gasteiger partial charge in [0, 0.05) is 18.1 Å². The second-order valence-corrected chi connectivity index (χ2v) is 5.54. The summed E-state index contributed by atoms with van der Waals surface area (Å²) < 4.78 is 5.13. The third-order valence-corrected chi connectivity index (χ3v) is 4.29. The van der Waals surface area contributed by atoms with Crippen LogP contribution in [0.3, 0.4) is 0 Å². The Morgan fingerprint density at radius 1 is 1.53 bits per heavy atom. The van der Waals surface area contributed by atoms with Crippen LogP contribution in [0.4, 0.5) is 4.79 Å². The lowest BCUT2D eigenvalue weighted by Gasteiger charge is -2.37. The first-order valence-corrected chi connectivity index (χ1v) is 7.81. The van der Waals surface area contributed by atoms with Gasteiger partial charge in [-0.15, -0.1) is 0 Å². The molecule has 0 radical (unpaired) electrons. The molecule has 6 heteroatoms. The molecule has 2 rings (SSSR count). The van der Waals surface area contributed by atoms with Gasteiger partial charge in [-0.25, -0.2) is 4.79 Å². The fourth-order valence-corrected chi connectivity index (χ4v) is 3.67. The zero-order valence-electron chi connectivity index (χ0n) is 9.67. The lowest BCUT2D eigenvalue weighted by Crippen LogP contribution is -2.50. The number of ether oxygens (including phenoxy) is 1. The lowest BCUT2D eigenvalue weighted by molar-refractivity contribution is 0.0721. The summed E-state index contributed by atoms with van der Waals surface area (Å²) in [7, 11) is 0.809. The molecule has 0 saturated carbocycles. The second-order valence-electron chi connectivity index (χ2n) is 4.55. The van der Waals surface area contributed by atoms with Crippen LogP contribution in [0.2, 0.25) is 0 Å². The minimum Gasteiger partial charge on any atom is -0.445 e. The van der Waals surface area contributed by atoms with Crippen LogP contribution in [-0.2, 0) is 16.5 Å². The number of piperidine rings is 1. The first-order valence-electron chi connectivity index (χ1n) is 5.90. The Hall–Kier alpha value is -0.510. The molecular weight excluding hydrogens is 255 g/mol. The van der Waals surface area contributed by atoms with Crippen molar-refractivity contribution in [1.82, 2.24) is 9.99 Å². The zero-order chi connectivity index (χ0) is 12.3. The quantitative estimate of drug-likeness (QED) is 0.629. The van der Waals surface area contributed by atoms with Gasteiger partial charge in [0.2, 0.25) is 0 Å². The van der Waals surface area contributed by atoms with Gasteiger partial charge in [0.05, 0.1) is 7.51 Å². The smallest absolute Gasteiger partial charge is 0.410 e. The maximum atomic E-state index is 11.9. The summed E-state index contributed by atoms with van der Waals surface area (Å²) in [5, 5.41) is 3.28. The molecule has 3 atom stereocenters. The van der Waals surface area contributed by atoms with Crippen molar-refractivity contribution in [3.8, 4) is 0 Å². The highest BCUT2D eigenvalue weighted by Crippen LogP contribution is 2.36. The largest absolute Gasteiger partial charge is 0.445 e. The first kappa shape index (κ1) is 12.9. The summed E-state index contributed by atoms with van der Waals surface area (Å²) in [6.07, 6.45) is 5.56. The number of carbonyl (C=O) groups is 1. The maximum Gasteiger partial charge on any atom is 0.410 e. The molecule has 0 aromatic heterocycles. The first-order chi connectivity index (χ1) is 8.26. The molecule has 0 unspecified atom stereocenters. The predicted octanol–water partition coefficient (Wildman–Crippen LogP) is 2.22. The van der Waals surface area contributed by atoms with Crippen LogP contribution >= 0.6 is 7.51 Å². The van der Waals surface area contributed by atoms with Gasteiger partial charge in [-0.3, -0.25) is 5.09 Å². The minimum atomic E-state index is -0.188. The SMILES string of the molecule is C=CCOC(=O)N1[C@@H]2CC[C@H]1C[C@@H](NP=S)C2. The molecule has 0 aliphatic carbocycles. The summed E-state index contributed by atoms with van der Waals surface area (Å²) >= 11 is 4.91. The van der Waals surface area contributed by atoms with Gasteiger partial charge in [-0.2, -0.15) is 0 Å². The predicted molar refractivity (Wildman–Crippen MR) is 70.6 cm³/mol. The average Bonchev–Trinajstić information content (AvgIpc) is 2.59. The van der Waals surface area contributed by atoms with Crippen molar-refractivity contribution in [2.24, 2.45) is 0 Å². The average molecular weight is 272 g/mol. The molecule has 0 aromatic rings. The van der Waals surface area contributed by atoms with Crippen LogP contribution in [0.1, 0.15) is 25.7 Å². The molecule has 2 bridgehead atoms. The molecule has 4 nitrogen and oxygen atoms in total. The van der Waals surface area contributed by atoms with Gasteiger partial charge in [-0.05, 0) is 37.5 Å². The highest BCUT2D eigenvalue weighted by atomic mass is 32.4. The Bertz CT molecular complexity index is 313. The summed E-state index contributed by atoms with van der Waals surface area (Å²) in [5.74, 6) is 0. The van der Waals surface area contributed by atoms with Gasteiger partial charge >= 0.3 is 6.09 Å². The number of rotatable bonds is 4. The molecule has 0 aromatic carbocycles. The van der Waals surface area contributed by atoms with Crippen molar-refractivity contribution < 1.29 is 9.53 Å². The van der Waals surface area contributed by atoms with Crippen LogP contribution in [0, 0.1) is 0 Å². The molecule has 1 N–H and O–H groups in total. The third kappa shape index (κ3) is 2.84. The molecular formula is C11H17N2O2PS. The van der Waals surface area contributed by atoms with E-state index >= 15 is 0 Å². The number of carbonyl (C=O) groups excluding carboxylic acids is 1. The summed E-state index contributed by atoms with van der Waals surface area (Å²) in [4.78, 5) is 13.8. The van der Waals surface area contributed by atoms with E-state index in [-0.39, 0.29) is 6.09 Å². The van der Waals surface area contributed by atoms with E-state index in [0.717, 1.165) is 33.2 Å². The molecule has 2 saturated heterocycles. The van der Waals surface area contributed by atoms with Crippen LogP contribution < -0.4 is 5.09 Å². The Labute approximate surface area is 108 Å². The fourth-order valence-electron chi connectivity index (χ4n) is 2.86. The highest BCUT2D eigenvalue weighted by molar-refractivity contribution is 7.95. The second kappa shape index (κ2) is 5.89. The molecule has 1 amide bonds. The van der Waals surface area contributed by atoms with E-state index in [1.54, 1.807) is 6.08 Å².